The number of nitrogens with one attached hydrogen (secondary N) is 1. The van der Waals surface area contributed by atoms with Crippen molar-refractivity contribution in [1.82, 2.24) is 5.32 Å². The minimum absolute atomic E-state index is 0.0885. The molecular weight excluding hydrogens is 282 g/mol. The molecule has 2 aromatic carbocycles. The van der Waals surface area contributed by atoms with Crippen molar-refractivity contribution in [3.8, 4) is 11.1 Å². The molecule has 2 aromatic rings. The Morgan fingerprint density at radius 2 is 1.52 bits per heavy atom. The molecule has 0 radical (unpaired) electrons. The second kappa shape index (κ2) is 6.26. The van der Waals surface area contributed by atoms with Crippen LogP contribution in [-0.2, 0) is 6.54 Å². The summed E-state index contributed by atoms with van der Waals surface area (Å²) in [6.07, 6.45) is 0. The predicted octanol–water partition coefficient (Wildman–Crippen LogP) is 4.41. The van der Waals surface area contributed by atoms with Gasteiger partial charge in [0.1, 0.15) is 11.6 Å². The molecule has 0 saturated heterocycles. The third kappa shape index (κ3) is 3.61. The van der Waals surface area contributed by atoms with E-state index in [-0.39, 0.29) is 11.6 Å². The zero-order valence-electron chi connectivity index (χ0n) is 11.7. The first-order valence-electron chi connectivity index (χ1n) is 6.55. The Kier molecular flexibility index (Phi) is 4.63. The van der Waals surface area contributed by atoms with Crippen molar-refractivity contribution in [2.75, 3.05) is 0 Å². The number of halogens is 4. The van der Waals surface area contributed by atoms with E-state index in [2.05, 4.69) is 5.32 Å². The summed E-state index contributed by atoms with van der Waals surface area (Å²) in [4.78, 5) is 0. The molecule has 5 heteroatoms. The highest BCUT2D eigenvalue weighted by Gasteiger charge is 2.15. The molecule has 112 valence electrons. The quantitative estimate of drug-likeness (QED) is 0.651. The first-order valence-corrected chi connectivity index (χ1v) is 6.55. The number of rotatable bonds is 4. The van der Waals surface area contributed by atoms with Crippen LogP contribution in [0.5, 0.6) is 0 Å². The summed E-state index contributed by atoms with van der Waals surface area (Å²) >= 11 is 0. The first kappa shape index (κ1) is 15.5. The van der Waals surface area contributed by atoms with Crippen LogP contribution >= 0.6 is 0 Å². The van der Waals surface area contributed by atoms with Crippen LogP contribution < -0.4 is 5.32 Å². The molecule has 0 atom stereocenters. The van der Waals surface area contributed by atoms with Crippen LogP contribution in [0.1, 0.15) is 19.4 Å². The van der Waals surface area contributed by atoms with Gasteiger partial charge >= 0.3 is 0 Å². The second-order valence-corrected chi connectivity index (χ2v) is 5.08. The van der Waals surface area contributed by atoms with Gasteiger partial charge in [0.15, 0.2) is 11.6 Å². The molecule has 0 aliphatic heterocycles. The Morgan fingerprint density at radius 1 is 0.857 bits per heavy atom. The number of benzene rings is 2. The molecule has 2 rings (SSSR count). The van der Waals surface area contributed by atoms with E-state index in [0.29, 0.717) is 23.7 Å². The summed E-state index contributed by atoms with van der Waals surface area (Å²) in [5, 5.41) is 3.09. The molecule has 0 aromatic heterocycles. The Bertz CT molecular complexity index is 653. The van der Waals surface area contributed by atoms with E-state index < -0.39 is 23.3 Å². The third-order valence-electron chi connectivity index (χ3n) is 3.07. The van der Waals surface area contributed by atoms with Gasteiger partial charge in [0.05, 0.1) is 0 Å². The monoisotopic (exact) mass is 297 g/mol. The summed E-state index contributed by atoms with van der Waals surface area (Å²) in [7, 11) is 0. The molecule has 21 heavy (non-hydrogen) atoms. The Morgan fingerprint density at radius 3 is 2.19 bits per heavy atom. The molecule has 0 heterocycles. The lowest BCUT2D eigenvalue weighted by Gasteiger charge is -2.14. The SMILES string of the molecule is CC(C)NCc1cc(F)ccc1-c1cc(F)c(F)cc1F. The molecule has 1 nitrogen and oxygen atoms in total. The van der Waals surface area contributed by atoms with Crippen LogP contribution in [0.3, 0.4) is 0 Å². The Labute approximate surface area is 120 Å². The topological polar surface area (TPSA) is 12.0 Å². The highest BCUT2D eigenvalue weighted by Crippen LogP contribution is 2.29. The van der Waals surface area contributed by atoms with Crippen LogP contribution in [-0.4, -0.2) is 6.04 Å². The highest BCUT2D eigenvalue weighted by atomic mass is 19.2. The molecule has 0 amide bonds. The van der Waals surface area contributed by atoms with Crippen molar-refractivity contribution in [3.63, 3.8) is 0 Å². The van der Waals surface area contributed by atoms with Gasteiger partial charge in [-0.15, -0.1) is 0 Å². The average molecular weight is 297 g/mol. The zero-order valence-corrected chi connectivity index (χ0v) is 11.7. The molecule has 0 bridgehead atoms. The molecule has 0 unspecified atom stereocenters. The van der Waals surface area contributed by atoms with Crippen LogP contribution in [0, 0.1) is 23.3 Å². The van der Waals surface area contributed by atoms with Crippen molar-refractivity contribution in [2.24, 2.45) is 0 Å². The summed E-state index contributed by atoms with van der Waals surface area (Å²) in [5.41, 5.74) is 0.726. The van der Waals surface area contributed by atoms with Gasteiger partial charge in [-0.1, -0.05) is 19.9 Å². The van der Waals surface area contributed by atoms with E-state index in [0.717, 1.165) is 12.1 Å². The number of hydrogen-bond acceptors (Lipinski definition) is 1. The minimum atomic E-state index is -1.25. The standard InChI is InChI=1S/C16H15F4N/c1-9(2)21-8-10-5-11(17)3-4-12(10)13-6-15(19)16(20)7-14(13)18/h3-7,9,21H,8H2,1-2H3. The molecular formula is C16H15F4N. The second-order valence-electron chi connectivity index (χ2n) is 5.08. The number of hydrogen-bond donors (Lipinski definition) is 1. The van der Waals surface area contributed by atoms with Crippen molar-refractivity contribution in [2.45, 2.75) is 26.4 Å². The summed E-state index contributed by atoms with van der Waals surface area (Å²) in [6.45, 7) is 4.12. The summed E-state index contributed by atoms with van der Waals surface area (Å²) < 4.78 is 53.6. The highest BCUT2D eigenvalue weighted by molar-refractivity contribution is 5.68. The smallest absolute Gasteiger partial charge is 0.161 e. The fourth-order valence-corrected chi connectivity index (χ4v) is 2.01. The van der Waals surface area contributed by atoms with Gasteiger partial charge in [-0.05, 0) is 29.3 Å². The lowest BCUT2D eigenvalue weighted by Crippen LogP contribution is -2.22. The summed E-state index contributed by atoms with van der Waals surface area (Å²) in [6, 6.07) is 5.21. The normalized spacial score (nSPS) is 11.2. The maximum Gasteiger partial charge on any atom is 0.161 e. The van der Waals surface area contributed by atoms with Crippen LogP contribution in [0.4, 0.5) is 17.6 Å². The average Bonchev–Trinajstić information content (AvgIpc) is 2.41. The Hall–Kier alpha value is -1.88. The van der Waals surface area contributed by atoms with Crippen LogP contribution in [0.15, 0.2) is 30.3 Å². The van der Waals surface area contributed by atoms with E-state index in [1.165, 1.54) is 12.1 Å². The van der Waals surface area contributed by atoms with Gasteiger partial charge in [0.2, 0.25) is 0 Å². The molecule has 0 spiro atoms. The van der Waals surface area contributed by atoms with Gasteiger partial charge in [-0.2, -0.15) is 0 Å². The van der Waals surface area contributed by atoms with Crippen LogP contribution in [0.2, 0.25) is 0 Å². The first-order chi connectivity index (χ1) is 9.88. The lowest BCUT2D eigenvalue weighted by atomic mass is 9.98. The van der Waals surface area contributed by atoms with E-state index in [4.69, 9.17) is 0 Å². The van der Waals surface area contributed by atoms with E-state index in [9.17, 15) is 17.6 Å². The lowest BCUT2D eigenvalue weighted by molar-refractivity contribution is 0.496. The third-order valence-corrected chi connectivity index (χ3v) is 3.07. The van der Waals surface area contributed by atoms with Crippen molar-refractivity contribution >= 4 is 0 Å². The summed E-state index contributed by atoms with van der Waals surface area (Å²) in [5.74, 6) is -3.74. The van der Waals surface area contributed by atoms with Crippen LogP contribution in [0.25, 0.3) is 11.1 Å². The Balaban J connectivity index is 2.50. The molecule has 0 aliphatic carbocycles. The van der Waals surface area contributed by atoms with Gasteiger partial charge in [-0.3, -0.25) is 0 Å². The molecule has 0 aliphatic rings. The fourth-order valence-electron chi connectivity index (χ4n) is 2.01. The van der Waals surface area contributed by atoms with E-state index in [1.54, 1.807) is 0 Å². The van der Waals surface area contributed by atoms with Crippen molar-refractivity contribution in [1.29, 1.82) is 0 Å². The van der Waals surface area contributed by atoms with Gasteiger partial charge in [0, 0.05) is 24.2 Å². The van der Waals surface area contributed by atoms with Crippen molar-refractivity contribution < 1.29 is 17.6 Å². The molecule has 0 fully saturated rings. The minimum Gasteiger partial charge on any atom is -0.310 e. The van der Waals surface area contributed by atoms with E-state index >= 15 is 0 Å². The molecule has 1 N–H and O–H groups in total. The molecule has 0 saturated carbocycles. The fraction of sp³-hybridized carbons (Fsp3) is 0.250. The maximum atomic E-state index is 13.9. The van der Waals surface area contributed by atoms with E-state index in [1.807, 2.05) is 13.8 Å². The predicted molar refractivity (Wildman–Crippen MR) is 73.7 cm³/mol. The van der Waals surface area contributed by atoms with Gasteiger partial charge in [-0.25, -0.2) is 17.6 Å². The van der Waals surface area contributed by atoms with Gasteiger partial charge < -0.3 is 5.32 Å². The maximum absolute atomic E-state index is 13.9. The largest absolute Gasteiger partial charge is 0.310 e. The van der Waals surface area contributed by atoms with Gasteiger partial charge in [0.25, 0.3) is 0 Å². The van der Waals surface area contributed by atoms with Crippen molar-refractivity contribution in [3.05, 3.63) is 59.2 Å². The zero-order chi connectivity index (χ0) is 15.6.